The van der Waals surface area contributed by atoms with E-state index in [9.17, 15) is 54.5 Å². The molecule has 0 spiro atoms. The number of anilines is 2. The summed E-state index contributed by atoms with van der Waals surface area (Å²) < 4.78 is 109. The number of benzene rings is 2. The molecule has 2 aromatic carbocycles. The molecule has 7 rings (SSSR count). The number of amides is 4. The lowest BCUT2D eigenvalue weighted by Gasteiger charge is -2.26. The van der Waals surface area contributed by atoms with Crippen molar-refractivity contribution in [2.75, 3.05) is 75.4 Å². The van der Waals surface area contributed by atoms with Gasteiger partial charge in [0.25, 0.3) is 43.9 Å². The maximum atomic E-state index is 15.0. The molecule has 0 aliphatic carbocycles. The molecule has 5 aliphatic rings. The van der Waals surface area contributed by atoms with E-state index in [1.54, 1.807) is 0 Å². The van der Waals surface area contributed by atoms with Crippen molar-refractivity contribution < 1.29 is 78.3 Å². The zero-order valence-corrected chi connectivity index (χ0v) is 43.5. The summed E-state index contributed by atoms with van der Waals surface area (Å²) in [5.41, 5.74) is 1.50. The fourth-order valence-corrected chi connectivity index (χ4v) is 16.6. The monoisotopic (exact) mass is 1090 g/mol. The number of fused-ring (bicyclic) bond motifs is 4. The van der Waals surface area contributed by atoms with Crippen LogP contribution in [0.2, 0.25) is 0 Å². The molecule has 3 fully saturated rings. The highest BCUT2D eigenvalue weighted by Gasteiger charge is 2.48. The molecule has 71 heavy (non-hydrogen) atoms. The number of hydrogen-bond acceptors (Lipinski definition) is 19. The van der Waals surface area contributed by atoms with Crippen molar-refractivity contribution in [2.24, 2.45) is 0 Å². The number of carbonyl (C=O) groups is 5. The first-order valence-corrected chi connectivity index (χ1v) is 29.9. The zero-order chi connectivity index (χ0) is 51.8. The van der Waals surface area contributed by atoms with Crippen molar-refractivity contribution in [3.8, 4) is 23.0 Å². The van der Waals surface area contributed by atoms with Gasteiger partial charge in [0.2, 0.25) is 0 Å². The Morgan fingerprint density at radius 3 is 1.63 bits per heavy atom. The Bertz CT molecular complexity index is 2650. The number of nitrogens with zero attached hydrogens (tertiary/aromatic N) is 3. The molecule has 388 valence electrons. The second-order valence-corrected chi connectivity index (χ2v) is 28.0. The Hall–Kier alpha value is -4.98. The molecule has 3 saturated heterocycles. The molecule has 27 heteroatoms. The molecule has 4 atom stereocenters. The SMILES string of the molecule is C=C1C[C@H]2C(S(=O)(=O)O)Nc3cc(OCCP(=O)(CCOc4cc5c(cc4OC)C(=O)N4CC(=C)C[C@H]4C(S(=O)(=O)O)N5)CCSSC(C)(C)CCC(=O)ON4C(=O)CCC4=O)c(OC)cc3C(=O)N2C1. The van der Waals surface area contributed by atoms with Crippen LogP contribution in [0.3, 0.4) is 0 Å². The van der Waals surface area contributed by atoms with Gasteiger partial charge in [0.15, 0.2) is 33.7 Å². The Labute approximate surface area is 419 Å². The molecular formula is C44H56N5O17PS4. The third-order valence-electron chi connectivity index (χ3n) is 12.6. The molecule has 5 heterocycles. The predicted octanol–water partition coefficient (Wildman–Crippen LogP) is 4.89. The van der Waals surface area contributed by atoms with Crippen molar-refractivity contribution in [3.63, 3.8) is 0 Å². The maximum Gasteiger partial charge on any atom is 0.333 e. The summed E-state index contributed by atoms with van der Waals surface area (Å²) in [7, 11) is -7.17. The van der Waals surface area contributed by atoms with Crippen LogP contribution in [0.5, 0.6) is 23.0 Å². The van der Waals surface area contributed by atoms with Gasteiger partial charge in [0.05, 0.1) is 69.2 Å². The Morgan fingerprint density at radius 1 is 0.761 bits per heavy atom. The Balaban J connectivity index is 1.07. The van der Waals surface area contributed by atoms with Crippen molar-refractivity contribution in [1.29, 1.82) is 0 Å². The maximum absolute atomic E-state index is 15.0. The zero-order valence-electron chi connectivity index (χ0n) is 39.4. The lowest BCUT2D eigenvalue weighted by Crippen LogP contribution is -2.47. The summed E-state index contributed by atoms with van der Waals surface area (Å²) in [6.07, 6.45) is 0.622. The lowest BCUT2D eigenvalue weighted by molar-refractivity contribution is -0.197. The van der Waals surface area contributed by atoms with E-state index >= 15 is 0 Å². The second kappa shape index (κ2) is 21.2. The third-order valence-corrected chi connectivity index (χ3v) is 21.5. The van der Waals surface area contributed by atoms with Gasteiger partial charge in [-0.15, -0.1) is 5.06 Å². The summed E-state index contributed by atoms with van der Waals surface area (Å²) in [6.45, 7) is 11.5. The van der Waals surface area contributed by atoms with Crippen LogP contribution in [0.1, 0.15) is 73.1 Å². The first-order chi connectivity index (χ1) is 33.3. The van der Waals surface area contributed by atoms with E-state index in [0.717, 1.165) is 0 Å². The summed E-state index contributed by atoms with van der Waals surface area (Å²) in [5.74, 6) is -2.13. The van der Waals surface area contributed by atoms with Gasteiger partial charge in [-0.1, -0.05) is 45.9 Å². The minimum absolute atomic E-state index is 0.0150. The van der Waals surface area contributed by atoms with Gasteiger partial charge in [0.1, 0.15) is 0 Å². The molecule has 0 bridgehead atoms. The minimum Gasteiger partial charge on any atom is -0.493 e. The smallest absolute Gasteiger partial charge is 0.333 e. The Morgan fingerprint density at radius 2 is 1.21 bits per heavy atom. The fraction of sp³-hybridized carbons (Fsp3) is 0.523. The van der Waals surface area contributed by atoms with Crippen molar-refractivity contribution in [1.82, 2.24) is 14.9 Å². The van der Waals surface area contributed by atoms with Crippen molar-refractivity contribution in [2.45, 2.75) is 80.0 Å². The van der Waals surface area contributed by atoms with Crippen LogP contribution in [-0.2, 0) is 44.0 Å². The average molecular weight is 1090 g/mol. The van der Waals surface area contributed by atoms with E-state index in [-0.39, 0.29) is 122 Å². The highest BCUT2D eigenvalue weighted by atomic mass is 33.1. The van der Waals surface area contributed by atoms with E-state index in [2.05, 4.69) is 23.8 Å². The second-order valence-electron chi connectivity index (χ2n) is 18.3. The van der Waals surface area contributed by atoms with Gasteiger partial charge >= 0.3 is 5.97 Å². The topological polar surface area (TPSA) is 291 Å². The van der Waals surface area contributed by atoms with E-state index in [4.69, 9.17) is 23.8 Å². The van der Waals surface area contributed by atoms with Gasteiger partial charge in [-0.2, -0.15) is 16.8 Å². The van der Waals surface area contributed by atoms with E-state index in [1.165, 1.54) is 69.9 Å². The molecule has 0 aromatic heterocycles. The van der Waals surface area contributed by atoms with Crippen LogP contribution >= 0.6 is 28.7 Å². The van der Waals surface area contributed by atoms with E-state index in [0.29, 0.717) is 28.4 Å². The van der Waals surface area contributed by atoms with E-state index in [1.807, 2.05) is 13.8 Å². The molecule has 22 nitrogen and oxygen atoms in total. The Kier molecular flexibility index (Phi) is 16.1. The van der Waals surface area contributed by atoms with Gasteiger partial charge < -0.3 is 48.8 Å². The molecule has 4 amide bonds. The van der Waals surface area contributed by atoms with Crippen LogP contribution in [0.15, 0.2) is 48.6 Å². The molecule has 2 aromatic rings. The molecular weight excluding hydrogens is 1030 g/mol. The third kappa shape index (κ3) is 12.3. The van der Waals surface area contributed by atoms with Crippen LogP contribution in [0.4, 0.5) is 11.4 Å². The largest absolute Gasteiger partial charge is 0.493 e. The fourth-order valence-electron chi connectivity index (χ4n) is 8.89. The number of methoxy groups -OCH3 is 2. The number of carbonyl (C=O) groups excluding carboxylic acids is 5. The number of imide groups is 1. The number of ether oxygens (including phenoxy) is 4. The number of rotatable bonds is 21. The molecule has 4 N–H and O–H groups in total. The predicted molar refractivity (Wildman–Crippen MR) is 265 cm³/mol. The summed E-state index contributed by atoms with van der Waals surface area (Å²) in [6, 6.07) is 3.69. The molecule has 0 radical (unpaired) electrons. The summed E-state index contributed by atoms with van der Waals surface area (Å²) in [4.78, 5) is 71.5. The first kappa shape index (κ1) is 53.8. The van der Waals surface area contributed by atoms with E-state index < -0.39 is 84.6 Å². The van der Waals surface area contributed by atoms with Crippen molar-refractivity contribution >= 4 is 89.9 Å². The molecule has 2 unspecified atom stereocenters. The number of nitrogens with one attached hydrogen (secondary N) is 2. The minimum atomic E-state index is -4.73. The first-order valence-electron chi connectivity index (χ1n) is 22.4. The average Bonchev–Trinajstić information content (AvgIpc) is 3.94. The molecule has 0 saturated carbocycles. The lowest BCUT2D eigenvalue weighted by atomic mass is 10.1. The van der Waals surface area contributed by atoms with Crippen LogP contribution in [0, 0.1) is 0 Å². The van der Waals surface area contributed by atoms with Gasteiger partial charge in [-0.05, 0) is 45.2 Å². The van der Waals surface area contributed by atoms with Gasteiger partial charge in [-0.3, -0.25) is 28.3 Å². The van der Waals surface area contributed by atoms with Gasteiger partial charge in [0, 0.05) is 73.5 Å². The summed E-state index contributed by atoms with van der Waals surface area (Å²) >= 11 is 0. The molecule has 5 aliphatic heterocycles. The van der Waals surface area contributed by atoms with Crippen LogP contribution < -0.4 is 29.6 Å². The summed E-state index contributed by atoms with van der Waals surface area (Å²) in [5, 5.41) is 2.97. The quantitative estimate of drug-likeness (QED) is 0.0323. The highest BCUT2D eigenvalue weighted by molar-refractivity contribution is 8.77. The normalized spacial score (nSPS) is 22.1. The highest BCUT2D eigenvalue weighted by Crippen LogP contribution is 2.49. The van der Waals surface area contributed by atoms with Crippen LogP contribution in [-0.4, -0.2) is 163 Å². The standard InChI is InChI=1S/C44H56N5O17PS4/c1-25-17-31-40(70(56,57)58)45-29-21-35(33(62-5)19-27(29)42(53)47(31)23-25)64-11-13-67(55,15-16-68-69-44(3,4)10-9-39(52)66-49-37(50)7-8-38(49)51)14-12-65-36-22-30-28(20-34(36)63-6)43(54)48-24-26(2)18-32(48)41(46-30)71(59,60)61/h19-22,31-32,40-41,45-46H,1-2,7-18,23-24H2,3-6H3,(H,56,57,58)(H,59,60,61)/t31-,32-,40?,41?,67?/m0/s1. The van der Waals surface area contributed by atoms with Crippen molar-refractivity contribution in [3.05, 3.63) is 59.7 Å². The van der Waals surface area contributed by atoms with Crippen LogP contribution in [0.25, 0.3) is 0 Å². The number of hydroxylamine groups is 2. The number of hydrogen-bond donors (Lipinski definition) is 4. The van der Waals surface area contributed by atoms with Gasteiger partial charge in [-0.25, -0.2) is 4.79 Å².